The monoisotopic (exact) mass is 255 g/mol. The van der Waals surface area contributed by atoms with Gasteiger partial charge in [0.1, 0.15) is 5.75 Å². The molecule has 0 aromatic heterocycles. The van der Waals surface area contributed by atoms with Gasteiger partial charge in [0.25, 0.3) is 0 Å². The summed E-state index contributed by atoms with van der Waals surface area (Å²) in [5.74, 6) is 0.916. The van der Waals surface area contributed by atoms with Crippen LogP contribution in [-0.4, -0.2) is 6.61 Å². The van der Waals surface area contributed by atoms with E-state index in [4.69, 9.17) is 4.74 Å². The highest BCUT2D eigenvalue weighted by atomic mass is 16.5. The Bertz CT molecular complexity index is 531. The minimum Gasteiger partial charge on any atom is -0.494 e. The first-order chi connectivity index (χ1) is 9.19. The second-order valence-corrected chi connectivity index (χ2v) is 4.74. The molecule has 0 radical (unpaired) electrons. The van der Waals surface area contributed by atoms with E-state index in [1.54, 1.807) is 0 Å². The zero-order chi connectivity index (χ0) is 13.7. The van der Waals surface area contributed by atoms with Gasteiger partial charge >= 0.3 is 0 Å². The van der Waals surface area contributed by atoms with Gasteiger partial charge in [-0.1, -0.05) is 23.8 Å². The van der Waals surface area contributed by atoms with Gasteiger partial charge in [-0.2, -0.15) is 0 Å². The highest BCUT2D eigenvalue weighted by molar-refractivity contribution is 5.47. The van der Waals surface area contributed by atoms with Crippen LogP contribution in [0.15, 0.2) is 42.5 Å². The maximum absolute atomic E-state index is 5.43. The molecular formula is C17H21NO. The van der Waals surface area contributed by atoms with Crippen LogP contribution in [0.4, 0.5) is 5.69 Å². The summed E-state index contributed by atoms with van der Waals surface area (Å²) >= 11 is 0. The molecule has 0 unspecified atom stereocenters. The lowest BCUT2D eigenvalue weighted by atomic mass is 10.1. The maximum atomic E-state index is 5.43. The molecule has 1 N–H and O–H groups in total. The fourth-order valence-corrected chi connectivity index (χ4v) is 2.02. The van der Waals surface area contributed by atoms with Crippen LogP contribution in [-0.2, 0) is 6.54 Å². The summed E-state index contributed by atoms with van der Waals surface area (Å²) in [6.45, 7) is 7.82. The van der Waals surface area contributed by atoms with Gasteiger partial charge in [-0.3, -0.25) is 0 Å². The van der Waals surface area contributed by atoms with Crippen molar-refractivity contribution in [2.45, 2.75) is 27.3 Å². The molecule has 2 aromatic rings. The molecule has 19 heavy (non-hydrogen) atoms. The second kappa shape index (κ2) is 6.28. The summed E-state index contributed by atoms with van der Waals surface area (Å²) in [5.41, 5.74) is 5.08. The Balaban J connectivity index is 2.00. The lowest BCUT2D eigenvalue weighted by Crippen LogP contribution is -2.01. The first-order valence-electron chi connectivity index (χ1n) is 6.72. The van der Waals surface area contributed by atoms with E-state index >= 15 is 0 Å². The number of nitrogens with one attached hydrogen (secondary N) is 1. The topological polar surface area (TPSA) is 21.3 Å². The van der Waals surface area contributed by atoms with Crippen molar-refractivity contribution in [2.75, 3.05) is 11.9 Å². The van der Waals surface area contributed by atoms with Crippen LogP contribution in [0.5, 0.6) is 5.75 Å². The van der Waals surface area contributed by atoms with Crippen LogP contribution in [0.25, 0.3) is 0 Å². The Kier molecular flexibility index (Phi) is 4.45. The van der Waals surface area contributed by atoms with Gasteiger partial charge in [0.2, 0.25) is 0 Å². The van der Waals surface area contributed by atoms with E-state index in [1.807, 2.05) is 19.1 Å². The van der Waals surface area contributed by atoms with Gasteiger partial charge in [-0.25, -0.2) is 0 Å². The van der Waals surface area contributed by atoms with Crippen LogP contribution >= 0.6 is 0 Å². The molecule has 0 heterocycles. The molecule has 0 aliphatic carbocycles. The molecular weight excluding hydrogens is 234 g/mol. The van der Waals surface area contributed by atoms with E-state index in [1.165, 1.54) is 16.7 Å². The smallest absolute Gasteiger partial charge is 0.119 e. The summed E-state index contributed by atoms with van der Waals surface area (Å²) in [6, 6.07) is 14.6. The maximum Gasteiger partial charge on any atom is 0.119 e. The number of anilines is 1. The Morgan fingerprint density at radius 1 is 1.00 bits per heavy atom. The molecule has 0 fully saturated rings. The average molecular weight is 255 g/mol. The molecule has 0 amide bonds. The van der Waals surface area contributed by atoms with Crippen LogP contribution in [0.3, 0.4) is 0 Å². The zero-order valence-electron chi connectivity index (χ0n) is 11.9. The van der Waals surface area contributed by atoms with E-state index in [0.29, 0.717) is 6.61 Å². The molecule has 0 saturated carbocycles. The minimum absolute atomic E-state index is 0.704. The van der Waals surface area contributed by atoms with Gasteiger partial charge in [0.15, 0.2) is 0 Å². The zero-order valence-corrected chi connectivity index (χ0v) is 11.9. The normalized spacial score (nSPS) is 10.3. The summed E-state index contributed by atoms with van der Waals surface area (Å²) in [6.07, 6.45) is 0. The fraction of sp³-hybridized carbons (Fsp3) is 0.294. The number of ether oxygens (including phenoxy) is 1. The van der Waals surface area contributed by atoms with Crippen LogP contribution in [0.2, 0.25) is 0 Å². The summed E-state index contributed by atoms with van der Waals surface area (Å²) in [5, 5.41) is 3.44. The van der Waals surface area contributed by atoms with Crippen molar-refractivity contribution in [3.63, 3.8) is 0 Å². The third-order valence-electron chi connectivity index (χ3n) is 3.15. The summed E-state index contributed by atoms with van der Waals surface area (Å²) < 4.78 is 5.43. The second-order valence-electron chi connectivity index (χ2n) is 4.74. The Hall–Kier alpha value is -1.96. The van der Waals surface area contributed by atoms with Crippen molar-refractivity contribution in [3.05, 3.63) is 59.2 Å². The fourth-order valence-electron chi connectivity index (χ4n) is 2.02. The molecule has 0 spiro atoms. The van der Waals surface area contributed by atoms with Crippen molar-refractivity contribution < 1.29 is 4.74 Å². The first kappa shape index (κ1) is 13.5. The molecule has 0 bridgehead atoms. The standard InChI is InChI=1S/C17H21NO/c1-4-19-17-9-7-16(8-10-17)18-12-15-11-13(2)5-6-14(15)3/h5-11,18H,4,12H2,1-3H3. The lowest BCUT2D eigenvalue weighted by molar-refractivity contribution is 0.340. The van der Waals surface area contributed by atoms with E-state index in [2.05, 4.69) is 49.5 Å². The Labute approximate surface area is 115 Å². The van der Waals surface area contributed by atoms with E-state index in [9.17, 15) is 0 Å². The van der Waals surface area contributed by atoms with Gasteiger partial charge in [-0.15, -0.1) is 0 Å². The van der Waals surface area contributed by atoms with E-state index < -0.39 is 0 Å². The molecule has 0 aliphatic heterocycles. The molecule has 0 aliphatic rings. The first-order valence-corrected chi connectivity index (χ1v) is 6.72. The number of hydrogen-bond acceptors (Lipinski definition) is 2. The van der Waals surface area contributed by atoms with E-state index in [0.717, 1.165) is 18.0 Å². The number of hydrogen-bond donors (Lipinski definition) is 1. The number of rotatable bonds is 5. The quantitative estimate of drug-likeness (QED) is 0.859. The lowest BCUT2D eigenvalue weighted by Gasteiger charge is -2.11. The van der Waals surface area contributed by atoms with Crippen LogP contribution < -0.4 is 10.1 Å². The van der Waals surface area contributed by atoms with Crippen molar-refractivity contribution >= 4 is 5.69 Å². The Morgan fingerprint density at radius 2 is 1.74 bits per heavy atom. The van der Waals surface area contributed by atoms with Crippen LogP contribution in [0.1, 0.15) is 23.6 Å². The molecule has 2 aromatic carbocycles. The predicted octanol–water partition coefficient (Wildman–Crippen LogP) is 4.31. The van der Waals surface area contributed by atoms with Crippen LogP contribution in [0, 0.1) is 13.8 Å². The molecule has 100 valence electrons. The van der Waals surface area contributed by atoms with Gasteiger partial charge in [0.05, 0.1) is 6.61 Å². The van der Waals surface area contributed by atoms with Crippen molar-refractivity contribution in [1.82, 2.24) is 0 Å². The summed E-state index contributed by atoms with van der Waals surface area (Å²) in [7, 11) is 0. The molecule has 2 rings (SSSR count). The van der Waals surface area contributed by atoms with E-state index in [-0.39, 0.29) is 0 Å². The number of benzene rings is 2. The summed E-state index contributed by atoms with van der Waals surface area (Å²) in [4.78, 5) is 0. The van der Waals surface area contributed by atoms with Gasteiger partial charge in [0, 0.05) is 12.2 Å². The third-order valence-corrected chi connectivity index (χ3v) is 3.15. The SMILES string of the molecule is CCOc1ccc(NCc2cc(C)ccc2C)cc1. The van der Waals surface area contributed by atoms with Gasteiger partial charge in [-0.05, 0) is 56.2 Å². The van der Waals surface area contributed by atoms with Crippen molar-refractivity contribution in [2.24, 2.45) is 0 Å². The molecule has 2 nitrogen and oxygen atoms in total. The average Bonchev–Trinajstić information content (AvgIpc) is 2.42. The number of aryl methyl sites for hydroxylation is 2. The highest BCUT2D eigenvalue weighted by Crippen LogP contribution is 2.17. The van der Waals surface area contributed by atoms with Crippen molar-refractivity contribution in [3.8, 4) is 5.75 Å². The minimum atomic E-state index is 0.704. The molecule has 0 atom stereocenters. The molecule has 2 heteroatoms. The third kappa shape index (κ3) is 3.75. The van der Waals surface area contributed by atoms with Gasteiger partial charge < -0.3 is 10.1 Å². The highest BCUT2D eigenvalue weighted by Gasteiger charge is 1.99. The Morgan fingerprint density at radius 3 is 2.42 bits per heavy atom. The predicted molar refractivity (Wildman–Crippen MR) is 80.9 cm³/mol. The molecule has 0 saturated heterocycles. The largest absolute Gasteiger partial charge is 0.494 e. The van der Waals surface area contributed by atoms with Crippen molar-refractivity contribution in [1.29, 1.82) is 0 Å².